The smallest absolute Gasteiger partial charge is 0.284 e. The largest absolute Gasteiger partial charge is 0.362 e. The lowest BCUT2D eigenvalue weighted by atomic mass is 10.2. The number of rotatable bonds is 7. The summed E-state index contributed by atoms with van der Waals surface area (Å²) in [6.45, 7) is 0.785. The molecule has 1 aliphatic rings. The zero-order valence-corrected chi connectivity index (χ0v) is 20.5. The molecule has 2 aromatic carbocycles. The van der Waals surface area contributed by atoms with E-state index in [0.717, 1.165) is 25.8 Å². The van der Waals surface area contributed by atoms with Crippen LogP contribution in [-0.2, 0) is 21.2 Å². The number of benzene rings is 2. The molecule has 10 heteroatoms. The Kier molecular flexibility index (Phi) is 7.60. The summed E-state index contributed by atoms with van der Waals surface area (Å²) in [5, 5.41) is 3.28. The lowest BCUT2D eigenvalue weighted by molar-refractivity contribution is -0.116. The number of nitrogens with one attached hydrogen (secondary N) is 2. The first-order valence-electron chi connectivity index (χ1n) is 11.7. The van der Waals surface area contributed by atoms with Gasteiger partial charge < -0.3 is 15.2 Å². The first-order chi connectivity index (χ1) is 16.8. The molecular formula is C25H29N5O4S. The molecule has 2 heterocycles. The van der Waals surface area contributed by atoms with Crippen molar-refractivity contribution in [1.29, 1.82) is 0 Å². The number of sulfonamides is 1. The van der Waals surface area contributed by atoms with Crippen molar-refractivity contribution < 1.29 is 13.2 Å². The van der Waals surface area contributed by atoms with Crippen LogP contribution in [0.5, 0.6) is 0 Å². The molecule has 0 radical (unpaired) electrons. The van der Waals surface area contributed by atoms with Crippen LogP contribution in [0.1, 0.15) is 44.3 Å². The summed E-state index contributed by atoms with van der Waals surface area (Å²) in [4.78, 5) is 33.8. The van der Waals surface area contributed by atoms with Gasteiger partial charge in [0.25, 0.3) is 15.6 Å². The first kappa shape index (κ1) is 24.6. The SMILES string of the molecule is CN1CCCCC/C1=N/S(=O)(=O)c1cccc(NC(=O)CCCc2nc3ccccc3c(=O)[nH]2)c1. The molecule has 184 valence electrons. The zero-order valence-electron chi connectivity index (χ0n) is 19.7. The maximum atomic E-state index is 12.9. The summed E-state index contributed by atoms with van der Waals surface area (Å²) in [6.07, 6.45) is 4.72. The molecule has 1 saturated heterocycles. The number of hydrogen-bond acceptors (Lipinski definition) is 5. The number of fused-ring (bicyclic) bond motifs is 1. The van der Waals surface area contributed by atoms with Gasteiger partial charge in [-0.2, -0.15) is 8.42 Å². The fourth-order valence-corrected chi connectivity index (χ4v) is 5.20. The van der Waals surface area contributed by atoms with E-state index in [2.05, 4.69) is 19.7 Å². The number of aryl methyl sites for hydroxylation is 1. The Bertz CT molecular complexity index is 1410. The van der Waals surface area contributed by atoms with Crippen LogP contribution in [0.4, 0.5) is 5.69 Å². The Labute approximate surface area is 204 Å². The Hall–Kier alpha value is -3.53. The minimum Gasteiger partial charge on any atom is -0.362 e. The number of H-pyrrole nitrogens is 1. The number of aromatic nitrogens is 2. The van der Waals surface area contributed by atoms with Crippen molar-refractivity contribution in [2.24, 2.45) is 4.40 Å². The number of anilines is 1. The lowest BCUT2D eigenvalue weighted by Gasteiger charge is -2.17. The molecule has 0 saturated carbocycles. The number of para-hydroxylation sites is 1. The van der Waals surface area contributed by atoms with Crippen LogP contribution in [0.3, 0.4) is 0 Å². The number of hydrogen-bond donors (Lipinski definition) is 2. The molecule has 1 aliphatic heterocycles. The predicted molar refractivity (Wildman–Crippen MR) is 136 cm³/mol. The van der Waals surface area contributed by atoms with E-state index < -0.39 is 10.0 Å². The maximum Gasteiger partial charge on any atom is 0.284 e. The molecule has 9 nitrogen and oxygen atoms in total. The molecular weight excluding hydrogens is 466 g/mol. The molecule has 0 bridgehead atoms. The average molecular weight is 496 g/mol. The van der Waals surface area contributed by atoms with E-state index in [0.29, 0.717) is 47.5 Å². The fraction of sp³-hybridized carbons (Fsp3) is 0.360. The van der Waals surface area contributed by atoms with Crippen molar-refractivity contribution in [2.75, 3.05) is 18.9 Å². The molecule has 1 amide bonds. The second-order valence-electron chi connectivity index (χ2n) is 8.67. The van der Waals surface area contributed by atoms with Gasteiger partial charge in [-0.1, -0.05) is 24.6 Å². The maximum absolute atomic E-state index is 12.9. The van der Waals surface area contributed by atoms with E-state index in [4.69, 9.17) is 0 Å². The van der Waals surface area contributed by atoms with Gasteiger partial charge in [-0.25, -0.2) is 4.98 Å². The fourth-order valence-electron chi connectivity index (χ4n) is 4.06. The van der Waals surface area contributed by atoms with Crippen molar-refractivity contribution >= 4 is 38.4 Å². The van der Waals surface area contributed by atoms with E-state index in [1.165, 1.54) is 12.1 Å². The molecule has 3 aromatic rings. The predicted octanol–water partition coefficient (Wildman–Crippen LogP) is 3.48. The Balaban J connectivity index is 1.37. The minimum absolute atomic E-state index is 0.0402. The van der Waals surface area contributed by atoms with Crippen molar-refractivity contribution in [3.63, 3.8) is 0 Å². The summed E-state index contributed by atoms with van der Waals surface area (Å²) >= 11 is 0. The third-order valence-corrected chi connectivity index (χ3v) is 7.26. The van der Waals surface area contributed by atoms with Gasteiger partial charge in [0.05, 0.1) is 15.8 Å². The van der Waals surface area contributed by atoms with E-state index in [-0.39, 0.29) is 22.8 Å². The van der Waals surface area contributed by atoms with Gasteiger partial charge in [-0.15, -0.1) is 4.40 Å². The molecule has 1 aromatic heterocycles. The van der Waals surface area contributed by atoms with E-state index >= 15 is 0 Å². The number of likely N-dealkylation sites (tertiary alicyclic amines) is 1. The Morgan fingerprint density at radius 3 is 2.83 bits per heavy atom. The number of carbonyl (C=O) groups is 1. The highest BCUT2D eigenvalue weighted by Gasteiger charge is 2.19. The van der Waals surface area contributed by atoms with Gasteiger partial charge in [-0.3, -0.25) is 9.59 Å². The van der Waals surface area contributed by atoms with Crippen molar-refractivity contribution in [1.82, 2.24) is 14.9 Å². The number of amidine groups is 1. The van der Waals surface area contributed by atoms with Crippen LogP contribution in [-0.4, -0.2) is 48.6 Å². The Morgan fingerprint density at radius 1 is 1.14 bits per heavy atom. The van der Waals surface area contributed by atoms with Crippen LogP contribution in [0.15, 0.2) is 62.6 Å². The molecule has 0 unspecified atom stereocenters. The van der Waals surface area contributed by atoms with Crippen LogP contribution in [0.2, 0.25) is 0 Å². The molecule has 2 N–H and O–H groups in total. The van der Waals surface area contributed by atoms with Crippen molar-refractivity contribution in [2.45, 2.75) is 49.8 Å². The quantitative estimate of drug-likeness (QED) is 0.517. The summed E-state index contributed by atoms with van der Waals surface area (Å²) in [7, 11) is -2.03. The molecule has 0 aliphatic carbocycles. The van der Waals surface area contributed by atoms with E-state index in [1.54, 1.807) is 30.3 Å². The van der Waals surface area contributed by atoms with Crippen LogP contribution < -0.4 is 10.9 Å². The highest BCUT2D eigenvalue weighted by atomic mass is 32.2. The molecule has 4 rings (SSSR count). The van der Waals surface area contributed by atoms with Gasteiger partial charge in [0.2, 0.25) is 5.91 Å². The van der Waals surface area contributed by atoms with Crippen LogP contribution in [0, 0.1) is 0 Å². The molecule has 0 atom stereocenters. The normalized spacial score (nSPS) is 15.8. The minimum atomic E-state index is -3.89. The number of nitrogens with zero attached hydrogens (tertiary/aromatic N) is 3. The zero-order chi connectivity index (χ0) is 24.8. The highest BCUT2D eigenvalue weighted by molar-refractivity contribution is 7.90. The lowest BCUT2D eigenvalue weighted by Crippen LogP contribution is -2.26. The van der Waals surface area contributed by atoms with Crippen molar-refractivity contribution in [3.8, 4) is 0 Å². The topological polar surface area (TPSA) is 125 Å². The number of carbonyl (C=O) groups excluding carboxylic acids is 1. The third-order valence-electron chi connectivity index (χ3n) is 5.96. The van der Waals surface area contributed by atoms with Crippen LogP contribution >= 0.6 is 0 Å². The second kappa shape index (κ2) is 10.8. The highest BCUT2D eigenvalue weighted by Crippen LogP contribution is 2.20. The van der Waals surface area contributed by atoms with E-state index in [9.17, 15) is 18.0 Å². The molecule has 35 heavy (non-hydrogen) atoms. The van der Waals surface area contributed by atoms with Gasteiger partial charge in [0.1, 0.15) is 11.7 Å². The molecule has 1 fully saturated rings. The van der Waals surface area contributed by atoms with Gasteiger partial charge in [0.15, 0.2) is 0 Å². The van der Waals surface area contributed by atoms with Gasteiger partial charge in [-0.05, 0) is 49.6 Å². The monoisotopic (exact) mass is 495 g/mol. The van der Waals surface area contributed by atoms with Crippen molar-refractivity contribution in [3.05, 3.63) is 64.7 Å². The average Bonchev–Trinajstić information content (AvgIpc) is 3.03. The summed E-state index contributed by atoms with van der Waals surface area (Å²) in [5.41, 5.74) is 0.807. The summed E-state index contributed by atoms with van der Waals surface area (Å²) in [6, 6.07) is 13.2. The first-order valence-corrected chi connectivity index (χ1v) is 13.2. The standard InChI is InChI=1S/C25H29N5O4S/c1-30-16-6-2-3-14-23(30)29-35(33,34)19-10-7-9-18(17-19)26-24(31)15-8-13-22-27-21-12-5-4-11-20(21)25(32)28-22/h4-5,7,9-12,17H,2-3,6,8,13-16H2,1H3,(H,26,31)(H,27,28,32)/b29-23-. The van der Waals surface area contributed by atoms with Gasteiger partial charge >= 0.3 is 0 Å². The number of aromatic amines is 1. The summed E-state index contributed by atoms with van der Waals surface area (Å²) < 4.78 is 29.8. The van der Waals surface area contributed by atoms with Gasteiger partial charge in [0, 0.05) is 38.5 Å². The third kappa shape index (κ3) is 6.33. The van der Waals surface area contributed by atoms with E-state index in [1.807, 2.05) is 18.0 Å². The molecule has 0 spiro atoms. The Morgan fingerprint density at radius 2 is 1.97 bits per heavy atom. The van der Waals surface area contributed by atoms with Crippen LogP contribution in [0.25, 0.3) is 10.9 Å². The summed E-state index contributed by atoms with van der Waals surface area (Å²) in [5.74, 6) is 0.840. The number of amides is 1. The second-order valence-corrected chi connectivity index (χ2v) is 10.3.